The molecule has 0 aromatic carbocycles. The Labute approximate surface area is 96.3 Å². The Bertz CT molecular complexity index is 262. The van der Waals surface area contributed by atoms with E-state index in [1.165, 1.54) is 14.2 Å². The van der Waals surface area contributed by atoms with Crippen molar-refractivity contribution in [1.29, 1.82) is 0 Å². The van der Waals surface area contributed by atoms with Gasteiger partial charge >= 0.3 is 11.9 Å². The predicted molar refractivity (Wildman–Crippen MR) is 58.6 cm³/mol. The second kappa shape index (κ2) is 5.87. The van der Waals surface area contributed by atoms with Gasteiger partial charge in [0.15, 0.2) is 0 Å². The summed E-state index contributed by atoms with van der Waals surface area (Å²) in [7, 11) is 2.73. The molecule has 4 nitrogen and oxygen atoms in total. The van der Waals surface area contributed by atoms with Crippen LogP contribution in [-0.4, -0.2) is 26.2 Å². The van der Waals surface area contributed by atoms with Gasteiger partial charge in [-0.05, 0) is 25.2 Å². The van der Waals surface area contributed by atoms with Crippen LogP contribution in [0.2, 0.25) is 0 Å². The van der Waals surface area contributed by atoms with E-state index in [1.807, 2.05) is 0 Å². The fraction of sp³-hybridized carbons (Fsp3) is 0.833. The van der Waals surface area contributed by atoms with E-state index in [0.717, 1.165) is 25.7 Å². The Kier molecular flexibility index (Phi) is 4.77. The molecule has 3 unspecified atom stereocenters. The quantitative estimate of drug-likeness (QED) is 0.691. The molecule has 3 atom stereocenters. The third-order valence-corrected chi connectivity index (χ3v) is 3.54. The highest BCUT2D eigenvalue weighted by Gasteiger charge is 2.40. The van der Waals surface area contributed by atoms with Crippen molar-refractivity contribution >= 4 is 11.9 Å². The minimum atomic E-state index is -0.323. The van der Waals surface area contributed by atoms with Gasteiger partial charge in [0, 0.05) is 0 Å². The first-order chi connectivity index (χ1) is 7.63. The summed E-state index contributed by atoms with van der Waals surface area (Å²) in [4.78, 5) is 23.2. The Balaban J connectivity index is 2.75. The molecular weight excluding hydrogens is 208 g/mol. The highest BCUT2D eigenvalue weighted by Crippen LogP contribution is 2.36. The van der Waals surface area contributed by atoms with Crippen LogP contribution in [0.4, 0.5) is 0 Å². The number of hydrogen-bond acceptors (Lipinski definition) is 4. The van der Waals surface area contributed by atoms with E-state index in [2.05, 4.69) is 6.92 Å². The maximum atomic E-state index is 11.6. The van der Waals surface area contributed by atoms with Gasteiger partial charge in [0.05, 0.1) is 26.1 Å². The van der Waals surface area contributed by atoms with Crippen LogP contribution < -0.4 is 0 Å². The lowest BCUT2D eigenvalue weighted by molar-refractivity contribution is -0.160. The van der Waals surface area contributed by atoms with Crippen molar-refractivity contribution in [2.75, 3.05) is 14.2 Å². The average molecular weight is 228 g/mol. The minimum absolute atomic E-state index is 0.284. The standard InChI is InChI=1S/C12H20O4/c1-4-8-5-6-9(11(13)15-2)10(7-8)12(14)16-3/h8-10H,4-7H2,1-3H3. The van der Waals surface area contributed by atoms with Gasteiger partial charge in [-0.1, -0.05) is 13.3 Å². The molecule has 1 rings (SSSR count). The van der Waals surface area contributed by atoms with Crippen molar-refractivity contribution in [2.45, 2.75) is 32.6 Å². The Morgan fingerprint density at radius 1 is 1.06 bits per heavy atom. The van der Waals surface area contributed by atoms with Crippen molar-refractivity contribution < 1.29 is 19.1 Å². The molecule has 0 amide bonds. The van der Waals surface area contributed by atoms with Gasteiger partial charge in [-0.3, -0.25) is 9.59 Å². The summed E-state index contributed by atoms with van der Waals surface area (Å²) < 4.78 is 9.50. The van der Waals surface area contributed by atoms with E-state index in [-0.39, 0.29) is 23.8 Å². The highest BCUT2D eigenvalue weighted by molar-refractivity contribution is 5.82. The SMILES string of the molecule is CCC1CCC(C(=O)OC)C(C(=O)OC)C1. The zero-order chi connectivity index (χ0) is 12.1. The van der Waals surface area contributed by atoms with Crippen molar-refractivity contribution in [2.24, 2.45) is 17.8 Å². The second-order valence-corrected chi connectivity index (χ2v) is 4.35. The molecule has 92 valence electrons. The van der Waals surface area contributed by atoms with Crippen LogP contribution in [0, 0.1) is 17.8 Å². The third-order valence-electron chi connectivity index (χ3n) is 3.54. The van der Waals surface area contributed by atoms with E-state index in [4.69, 9.17) is 9.47 Å². The fourth-order valence-corrected chi connectivity index (χ4v) is 2.47. The van der Waals surface area contributed by atoms with Crippen LogP contribution in [0.25, 0.3) is 0 Å². The molecule has 0 aromatic heterocycles. The molecule has 1 aliphatic rings. The summed E-state index contributed by atoms with van der Waals surface area (Å²) >= 11 is 0. The van der Waals surface area contributed by atoms with Gasteiger partial charge in [0.2, 0.25) is 0 Å². The zero-order valence-corrected chi connectivity index (χ0v) is 10.2. The third kappa shape index (κ3) is 2.74. The fourth-order valence-electron chi connectivity index (χ4n) is 2.47. The molecule has 0 spiro atoms. The van der Waals surface area contributed by atoms with Gasteiger partial charge < -0.3 is 9.47 Å². The molecule has 1 fully saturated rings. The predicted octanol–water partition coefficient (Wildman–Crippen LogP) is 1.77. The summed E-state index contributed by atoms with van der Waals surface area (Å²) in [6.45, 7) is 2.11. The van der Waals surface area contributed by atoms with E-state index in [0.29, 0.717) is 5.92 Å². The van der Waals surface area contributed by atoms with Crippen molar-refractivity contribution in [1.82, 2.24) is 0 Å². The number of hydrogen-bond donors (Lipinski definition) is 0. The smallest absolute Gasteiger partial charge is 0.309 e. The summed E-state index contributed by atoms with van der Waals surface area (Å²) in [5, 5.41) is 0. The number of esters is 2. The largest absolute Gasteiger partial charge is 0.469 e. The molecule has 0 aliphatic heterocycles. The number of ether oxygens (including phenoxy) is 2. The molecule has 1 aliphatic carbocycles. The lowest BCUT2D eigenvalue weighted by atomic mass is 9.73. The van der Waals surface area contributed by atoms with Gasteiger partial charge in [0.25, 0.3) is 0 Å². The topological polar surface area (TPSA) is 52.6 Å². The summed E-state index contributed by atoms with van der Waals surface area (Å²) in [5.41, 5.74) is 0. The lowest BCUT2D eigenvalue weighted by Crippen LogP contribution is -2.36. The van der Waals surface area contributed by atoms with Crippen LogP contribution in [-0.2, 0) is 19.1 Å². The normalized spacial score (nSPS) is 29.6. The van der Waals surface area contributed by atoms with E-state index < -0.39 is 0 Å². The second-order valence-electron chi connectivity index (χ2n) is 4.35. The maximum absolute atomic E-state index is 11.6. The van der Waals surface area contributed by atoms with Gasteiger partial charge in [-0.25, -0.2) is 0 Å². The molecule has 0 radical (unpaired) electrons. The minimum Gasteiger partial charge on any atom is -0.469 e. The number of methoxy groups -OCH3 is 2. The molecule has 1 saturated carbocycles. The average Bonchev–Trinajstić information content (AvgIpc) is 2.36. The Morgan fingerprint density at radius 3 is 2.12 bits per heavy atom. The Hall–Kier alpha value is -1.06. The van der Waals surface area contributed by atoms with Crippen molar-refractivity contribution in [3.8, 4) is 0 Å². The van der Waals surface area contributed by atoms with Crippen LogP contribution in [0.1, 0.15) is 32.6 Å². The van der Waals surface area contributed by atoms with Crippen LogP contribution in [0.3, 0.4) is 0 Å². The first kappa shape index (κ1) is 13.0. The summed E-state index contributed by atoms with van der Waals surface area (Å²) in [6, 6.07) is 0. The first-order valence-corrected chi connectivity index (χ1v) is 5.79. The van der Waals surface area contributed by atoms with Crippen LogP contribution in [0.5, 0.6) is 0 Å². The number of carbonyl (C=O) groups is 2. The van der Waals surface area contributed by atoms with E-state index >= 15 is 0 Å². The number of rotatable bonds is 3. The number of carbonyl (C=O) groups excluding carboxylic acids is 2. The molecular formula is C12H20O4. The van der Waals surface area contributed by atoms with Crippen molar-refractivity contribution in [3.63, 3.8) is 0 Å². The molecule has 16 heavy (non-hydrogen) atoms. The van der Waals surface area contributed by atoms with Crippen molar-refractivity contribution in [3.05, 3.63) is 0 Å². The monoisotopic (exact) mass is 228 g/mol. The van der Waals surface area contributed by atoms with Crippen LogP contribution >= 0.6 is 0 Å². The van der Waals surface area contributed by atoms with Crippen LogP contribution in [0.15, 0.2) is 0 Å². The lowest BCUT2D eigenvalue weighted by Gasteiger charge is -2.32. The first-order valence-electron chi connectivity index (χ1n) is 5.79. The van der Waals surface area contributed by atoms with E-state index in [9.17, 15) is 9.59 Å². The maximum Gasteiger partial charge on any atom is 0.309 e. The molecule has 0 N–H and O–H groups in total. The Morgan fingerprint density at radius 2 is 1.62 bits per heavy atom. The van der Waals surface area contributed by atoms with Gasteiger partial charge in [0.1, 0.15) is 0 Å². The summed E-state index contributed by atoms with van der Waals surface area (Å²) in [5.74, 6) is -0.695. The molecule has 0 aromatic rings. The van der Waals surface area contributed by atoms with Gasteiger partial charge in [-0.2, -0.15) is 0 Å². The van der Waals surface area contributed by atoms with E-state index in [1.54, 1.807) is 0 Å². The molecule has 0 bridgehead atoms. The molecule has 0 heterocycles. The van der Waals surface area contributed by atoms with Gasteiger partial charge in [-0.15, -0.1) is 0 Å². The molecule has 4 heteroatoms. The molecule has 0 saturated heterocycles. The zero-order valence-electron chi connectivity index (χ0n) is 10.2. The highest BCUT2D eigenvalue weighted by atomic mass is 16.5. The summed E-state index contributed by atoms with van der Waals surface area (Å²) in [6.07, 6.45) is 3.50.